The Labute approximate surface area is 106 Å². The van der Waals surface area contributed by atoms with Gasteiger partial charge in [0.25, 0.3) is 0 Å². The second-order valence-electron chi connectivity index (χ2n) is 4.85. The van der Waals surface area contributed by atoms with E-state index in [9.17, 15) is 14.4 Å². The van der Waals surface area contributed by atoms with Crippen LogP contribution in [-0.2, 0) is 19.1 Å². The molecule has 1 saturated heterocycles. The van der Waals surface area contributed by atoms with Crippen molar-refractivity contribution in [1.29, 1.82) is 0 Å². The first-order chi connectivity index (χ1) is 8.36. The fourth-order valence-electron chi connectivity index (χ4n) is 1.32. The summed E-state index contributed by atoms with van der Waals surface area (Å²) in [5.41, 5.74) is -0.516. The van der Waals surface area contributed by atoms with Gasteiger partial charge in [-0.25, -0.2) is 4.79 Å². The Bertz CT molecular complexity index is 350. The molecule has 1 heterocycles. The molecule has 0 N–H and O–H groups in total. The van der Waals surface area contributed by atoms with Crippen LogP contribution in [0.5, 0.6) is 0 Å². The van der Waals surface area contributed by atoms with Crippen LogP contribution in [0.25, 0.3) is 0 Å². The fourth-order valence-corrected chi connectivity index (χ4v) is 1.32. The van der Waals surface area contributed by atoms with Gasteiger partial charge in [-0.1, -0.05) is 6.92 Å². The molecule has 0 aromatic rings. The summed E-state index contributed by atoms with van der Waals surface area (Å²) in [7, 11) is 0. The smallest absolute Gasteiger partial charge is 0.417 e. The van der Waals surface area contributed by atoms with Crippen molar-refractivity contribution in [3.05, 3.63) is 0 Å². The molecule has 0 unspecified atom stereocenters. The number of rotatable bonds is 5. The first kappa shape index (κ1) is 14.5. The normalized spacial score (nSPS) is 16.5. The van der Waals surface area contributed by atoms with Crippen molar-refractivity contribution in [2.24, 2.45) is 5.41 Å². The number of carbonyl (C=O) groups is 3. The third-order valence-corrected chi connectivity index (χ3v) is 3.08. The molecule has 0 bridgehead atoms. The van der Waals surface area contributed by atoms with Crippen LogP contribution in [0.1, 0.15) is 33.6 Å². The highest BCUT2D eigenvalue weighted by molar-refractivity contribution is 5.87. The van der Waals surface area contributed by atoms with Gasteiger partial charge < -0.3 is 14.4 Å². The number of cyclic esters (lactones) is 2. The molecule has 1 amide bonds. The van der Waals surface area contributed by atoms with E-state index in [1.54, 1.807) is 0 Å². The lowest BCUT2D eigenvalue weighted by Crippen LogP contribution is -2.42. The summed E-state index contributed by atoms with van der Waals surface area (Å²) in [5.74, 6) is -0.799. The van der Waals surface area contributed by atoms with E-state index in [1.165, 1.54) is 4.90 Å². The van der Waals surface area contributed by atoms with E-state index < -0.39 is 17.5 Å². The van der Waals surface area contributed by atoms with Crippen molar-refractivity contribution in [3.8, 4) is 0 Å². The molecule has 6 nitrogen and oxygen atoms in total. The van der Waals surface area contributed by atoms with Gasteiger partial charge in [-0.05, 0) is 20.3 Å². The van der Waals surface area contributed by atoms with Crippen LogP contribution in [0, 0.1) is 5.41 Å². The lowest BCUT2D eigenvalue weighted by molar-refractivity contribution is -0.155. The molecule has 1 aliphatic heterocycles. The van der Waals surface area contributed by atoms with E-state index in [2.05, 4.69) is 4.74 Å². The first-order valence-corrected chi connectivity index (χ1v) is 6.03. The number of amides is 1. The van der Waals surface area contributed by atoms with Crippen molar-refractivity contribution in [2.75, 3.05) is 19.7 Å². The van der Waals surface area contributed by atoms with Crippen LogP contribution < -0.4 is 0 Å². The number of hydrogen-bond acceptors (Lipinski definition) is 5. The summed E-state index contributed by atoms with van der Waals surface area (Å²) in [6.45, 7) is 6.21. The summed E-state index contributed by atoms with van der Waals surface area (Å²) in [4.78, 5) is 35.1. The number of nitrogens with zero attached hydrogens (tertiary/aromatic N) is 1. The minimum atomic E-state index is -0.669. The Morgan fingerprint density at radius 2 is 2.11 bits per heavy atom. The molecule has 18 heavy (non-hydrogen) atoms. The molecule has 1 rings (SSSR count). The van der Waals surface area contributed by atoms with Gasteiger partial charge >= 0.3 is 18.0 Å². The maximum absolute atomic E-state index is 11.7. The molecule has 1 aliphatic rings. The van der Waals surface area contributed by atoms with Crippen molar-refractivity contribution in [3.63, 3.8) is 0 Å². The third-order valence-electron chi connectivity index (χ3n) is 3.08. The van der Waals surface area contributed by atoms with E-state index in [0.29, 0.717) is 13.0 Å². The van der Waals surface area contributed by atoms with Crippen molar-refractivity contribution in [1.82, 2.24) is 4.90 Å². The highest BCUT2D eigenvalue weighted by Gasteiger charge is 2.28. The number of hydrogen-bond donors (Lipinski definition) is 0. The number of esters is 2. The van der Waals surface area contributed by atoms with Gasteiger partial charge in [0, 0.05) is 6.54 Å². The zero-order valence-electron chi connectivity index (χ0n) is 11.0. The Morgan fingerprint density at radius 1 is 1.44 bits per heavy atom. The molecule has 0 spiro atoms. The van der Waals surface area contributed by atoms with Gasteiger partial charge in [0.1, 0.15) is 6.61 Å². The van der Waals surface area contributed by atoms with E-state index in [1.807, 2.05) is 20.8 Å². The minimum Gasteiger partial charge on any atom is -0.463 e. The lowest BCUT2D eigenvalue weighted by Gasteiger charge is -2.26. The van der Waals surface area contributed by atoms with E-state index in [-0.39, 0.29) is 25.5 Å². The minimum absolute atomic E-state index is 0.117. The summed E-state index contributed by atoms with van der Waals surface area (Å²) in [6.07, 6.45) is 0.198. The molecule has 0 atom stereocenters. The Kier molecular flexibility index (Phi) is 4.69. The van der Waals surface area contributed by atoms with E-state index in [0.717, 1.165) is 0 Å². The molecule has 0 saturated carbocycles. The number of ether oxygens (including phenoxy) is 2. The second kappa shape index (κ2) is 5.84. The van der Waals surface area contributed by atoms with Gasteiger partial charge in [-0.2, -0.15) is 0 Å². The Morgan fingerprint density at radius 3 is 2.67 bits per heavy atom. The summed E-state index contributed by atoms with van der Waals surface area (Å²) in [5, 5.41) is 0. The lowest BCUT2D eigenvalue weighted by atomic mass is 9.91. The highest BCUT2D eigenvalue weighted by Crippen LogP contribution is 2.21. The van der Waals surface area contributed by atoms with Gasteiger partial charge in [-0.3, -0.25) is 9.59 Å². The molecule has 0 radical (unpaired) electrons. The zero-order valence-corrected chi connectivity index (χ0v) is 11.0. The molecule has 0 aliphatic carbocycles. The topological polar surface area (TPSA) is 72.9 Å². The standard InChI is InChI=1S/C12H19NO5/c1-4-12(2,3)10(15)17-8-7-13-6-5-9(14)18-11(13)16/h4-8H2,1-3H3. The maximum Gasteiger partial charge on any atom is 0.417 e. The van der Waals surface area contributed by atoms with Gasteiger partial charge in [0.2, 0.25) is 0 Å². The van der Waals surface area contributed by atoms with E-state index in [4.69, 9.17) is 4.74 Å². The Balaban J connectivity index is 2.32. The summed E-state index contributed by atoms with van der Waals surface area (Å²) < 4.78 is 9.55. The van der Waals surface area contributed by atoms with Crippen molar-refractivity contribution >= 4 is 18.0 Å². The maximum atomic E-state index is 11.7. The van der Waals surface area contributed by atoms with Crippen LogP contribution >= 0.6 is 0 Å². The molecule has 1 fully saturated rings. The third kappa shape index (κ3) is 3.72. The molecular weight excluding hydrogens is 238 g/mol. The summed E-state index contributed by atoms with van der Waals surface area (Å²) in [6, 6.07) is 0. The molecule has 0 aromatic heterocycles. The average molecular weight is 257 g/mol. The van der Waals surface area contributed by atoms with Crippen LogP contribution in [0.3, 0.4) is 0 Å². The first-order valence-electron chi connectivity index (χ1n) is 6.03. The van der Waals surface area contributed by atoms with Crippen molar-refractivity contribution < 1.29 is 23.9 Å². The number of carbonyl (C=O) groups excluding carboxylic acids is 3. The fraction of sp³-hybridized carbons (Fsp3) is 0.750. The highest BCUT2D eigenvalue weighted by atomic mass is 16.6. The predicted molar refractivity (Wildman–Crippen MR) is 62.7 cm³/mol. The molecule has 102 valence electrons. The predicted octanol–water partition coefficient (Wildman–Crippen LogP) is 1.33. The van der Waals surface area contributed by atoms with Gasteiger partial charge in [0.05, 0.1) is 18.4 Å². The summed E-state index contributed by atoms with van der Waals surface area (Å²) >= 11 is 0. The zero-order chi connectivity index (χ0) is 13.8. The second-order valence-corrected chi connectivity index (χ2v) is 4.85. The molecular formula is C12H19NO5. The van der Waals surface area contributed by atoms with Crippen LogP contribution in [-0.4, -0.2) is 42.6 Å². The average Bonchev–Trinajstić information content (AvgIpc) is 2.31. The van der Waals surface area contributed by atoms with Crippen LogP contribution in [0.15, 0.2) is 0 Å². The van der Waals surface area contributed by atoms with Gasteiger partial charge in [0.15, 0.2) is 0 Å². The van der Waals surface area contributed by atoms with Crippen LogP contribution in [0.4, 0.5) is 4.79 Å². The van der Waals surface area contributed by atoms with E-state index >= 15 is 0 Å². The van der Waals surface area contributed by atoms with Crippen LogP contribution in [0.2, 0.25) is 0 Å². The molecule has 0 aromatic carbocycles. The van der Waals surface area contributed by atoms with Gasteiger partial charge in [-0.15, -0.1) is 0 Å². The van der Waals surface area contributed by atoms with Crippen molar-refractivity contribution in [2.45, 2.75) is 33.6 Å². The monoisotopic (exact) mass is 257 g/mol. The SMILES string of the molecule is CCC(C)(C)C(=O)OCCN1CCC(=O)OC1=O. The Hall–Kier alpha value is -1.59. The largest absolute Gasteiger partial charge is 0.463 e. The quantitative estimate of drug-likeness (QED) is 0.549. The molecule has 6 heteroatoms.